The minimum absolute atomic E-state index is 0.134. The van der Waals surface area contributed by atoms with Crippen LogP contribution in [0.5, 0.6) is 0 Å². The molecule has 0 spiro atoms. The maximum atomic E-state index is 11.0. The molecule has 20 heavy (non-hydrogen) atoms. The summed E-state index contributed by atoms with van der Waals surface area (Å²) in [5.74, 6) is 0.640. The average molecular weight is 279 g/mol. The zero-order valence-electron chi connectivity index (χ0n) is 13.0. The number of para-hydroxylation sites is 1. The van der Waals surface area contributed by atoms with Crippen molar-refractivity contribution in [2.75, 3.05) is 19.4 Å². The van der Waals surface area contributed by atoms with E-state index in [9.17, 15) is 10.1 Å². The number of nitrogens with zero attached hydrogens (tertiary/aromatic N) is 2. The minimum atomic E-state index is -0.340. The molecule has 0 aliphatic heterocycles. The molecular weight excluding hydrogens is 254 g/mol. The van der Waals surface area contributed by atoms with Crippen molar-refractivity contribution in [1.29, 1.82) is 0 Å². The van der Waals surface area contributed by atoms with E-state index in [0.717, 1.165) is 12.0 Å². The van der Waals surface area contributed by atoms with Crippen LogP contribution in [0, 0.1) is 16.0 Å². The van der Waals surface area contributed by atoms with Crippen molar-refractivity contribution in [3.8, 4) is 0 Å². The molecule has 5 nitrogen and oxygen atoms in total. The first-order valence-electron chi connectivity index (χ1n) is 7.01. The van der Waals surface area contributed by atoms with Gasteiger partial charge in [-0.3, -0.25) is 15.0 Å². The Kier molecular flexibility index (Phi) is 5.95. The second kappa shape index (κ2) is 7.24. The number of anilines is 1. The van der Waals surface area contributed by atoms with Crippen LogP contribution in [0.1, 0.15) is 32.8 Å². The number of benzene rings is 1. The van der Waals surface area contributed by atoms with Crippen LogP contribution in [0.4, 0.5) is 11.4 Å². The smallest absolute Gasteiger partial charge is 0.292 e. The lowest BCUT2D eigenvalue weighted by molar-refractivity contribution is -0.384. The van der Waals surface area contributed by atoms with E-state index >= 15 is 0 Å². The number of nitrogens with one attached hydrogen (secondary N) is 1. The Bertz CT molecular complexity index is 460. The molecule has 0 heterocycles. The lowest BCUT2D eigenvalue weighted by Crippen LogP contribution is -2.30. The number of nitro benzene ring substituents is 1. The Morgan fingerprint density at radius 3 is 2.50 bits per heavy atom. The Labute approximate surface area is 121 Å². The van der Waals surface area contributed by atoms with Gasteiger partial charge < -0.3 is 5.32 Å². The third-order valence-corrected chi connectivity index (χ3v) is 3.56. The summed E-state index contributed by atoms with van der Waals surface area (Å²) in [6, 6.07) is 5.67. The van der Waals surface area contributed by atoms with Gasteiger partial charge in [0.25, 0.3) is 5.69 Å². The standard InChI is InChI=1S/C15H25N3O2/c1-11(2)9-12(3)17(5)10-13-7-6-8-14(18(19)20)15(13)16-4/h6-8,11-12,16H,9-10H2,1-5H3. The molecule has 1 unspecified atom stereocenters. The molecule has 1 N–H and O–H groups in total. The SMILES string of the molecule is CNc1c(CN(C)C(C)CC(C)C)cccc1[N+](=O)[O-]. The van der Waals surface area contributed by atoms with Crippen molar-refractivity contribution < 1.29 is 4.92 Å². The van der Waals surface area contributed by atoms with Gasteiger partial charge in [-0.1, -0.05) is 26.0 Å². The van der Waals surface area contributed by atoms with Crippen molar-refractivity contribution in [2.45, 2.75) is 39.8 Å². The van der Waals surface area contributed by atoms with Gasteiger partial charge in [-0.2, -0.15) is 0 Å². The third kappa shape index (κ3) is 4.20. The summed E-state index contributed by atoms with van der Waals surface area (Å²) in [6.45, 7) is 7.30. The fourth-order valence-electron chi connectivity index (χ4n) is 2.45. The zero-order valence-corrected chi connectivity index (χ0v) is 13.0. The van der Waals surface area contributed by atoms with E-state index in [1.54, 1.807) is 13.1 Å². The van der Waals surface area contributed by atoms with Crippen LogP contribution in [0.25, 0.3) is 0 Å². The van der Waals surface area contributed by atoms with Crippen LogP contribution in [-0.2, 0) is 6.54 Å². The quantitative estimate of drug-likeness (QED) is 0.613. The molecule has 1 aromatic carbocycles. The van der Waals surface area contributed by atoms with Crippen molar-refractivity contribution in [3.63, 3.8) is 0 Å². The summed E-state index contributed by atoms with van der Waals surface area (Å²) in [5.41, 5.74) is 1.70. The first-order chi connectivity index (χ1) is 9.36. The predicted molar refractivity (Wildman–Crippen MR) is 83.0 cm³/mol. The van der Waals surface area contributed by atoms with Crippen LogP contribution in [-0.4, -0.2) is 30.0 Å². The maximum absolute atomic E-state index is 11.0. The largest absolute Gasteiger partial charge is 0.382 e. The highest BCUT2D eigenvalue weighted by Crippen LogP contribution is 2.29. The monoisotopic (exact) mass is 279 g/mol. The minimum Gasteiger partial charge on any atom is -0.382 e. The summed E-state index contributed by atoms with van der Waals surface area (Å²) in [4.78, 5) is 12.9. The Morgan fingerprint density at radius 1 is 1.35 bits per heavy atom. The second-order valence-corrected chi connectivity index (χ2v) is 5.71. The predicted octanol–water partition coefficient (Wildman–Crippen LogP) is 3.50. The number of hydrogen-bond donors (Lipinski definition) is 1. The Morgan fingerprint density at radius 2 is 2.00 bits per heavy atom. The summed E-state index contributed by atoms with van der Waals surface area (Å²) in [5, 5.41) is 14.0. The van der Waals surface area contributed by atoms with Crippen molar-refractivity contribution in [3.05, 3.63) is 33.9 Å². The molecule has 0 fully saturated rings. The first-order valence-corrected chi connectivity index (χ1v) is 7.01. The van der Waals surface area contributed by atoms with Crippen LogP contribution in [0.15, 0.2) is 18.2 Å². The van der Waals surface area contributed by atoms with E-state index in [1.165, 1.54) is 6.07 Å². The number of hydrogen-bond acceptors (Lipinski definition) is 4. The molecule has 1 aromatic rings. The van der Waals surface area contributed by atoms with Gasteiger partial charge in [0, 0.05) is 25.7 Å². The number of rotatable bonds is 7. The van der Waals surface area contributed by atoms with E-state index in [4.69, 9.17) is 0 Å². The maximum Gasteiger partial charge on any atom is 0.292 e. The van der Waals surface area contributed by atoms with Gasteiger partial charge in [-0.25, -0.2) is 0 Å². The van der Waals surface area contributed by atoms with E-state index in [2.05, 4.69) is 38.0 Å². The summed E-state index contributed by atoms with van der Waals surface area (Å²) in [7, 11) is 3.79. The van der Waals surface area contributed by atoms with Crippen LogP contribution >= 0.6 is 0 Å². The van der Waals surface area contributed by atoms with Gasteiger partial charge in [0.05, 0.1) is 4.92 Å². The molecule has 0 saturated carbocycles. The van der Waals surface area contributed by atoms with Crippen molar-refractivity contribution >= 4 is 11.4 Å². The van der Waals surface area contributed by atoms with Gasteiger partial charge in [0.2, 0.25) is 0 Å². The van der Waals surface area contributed by atoms with Gasteiger partial charge in [-0.15, -0.1) is 0 Å². The molecule has 0 radical (unpaired) electrons. The molecule has 0 aromatic heterocycles. The molecule has 1 rings (SSSR count). The summed E-state index contributed by atoms with van der Waals surface area (Å²) < 4.78 is 0. The molecule has 1 atom stereocenters. The molecule has 0 amide bonds. The zero-order chi connectivity index (χ0) is 15.3. The van der Waals surface area contributed by atoms with Gasteiger partial charge in [0.1, 0.15) is 5.69 Å². The van der Waals surface area contributed by atoms with Crippen molar-refractivity contribution in [1.82, 2.24) is 4.90 Å². The molecule has 0 saturated heterocycles. The molecule has 0 aliphatic rings. The molecule has 112 valence electrons. The second-order valence-electron chi connectivity index (χ2n) is 5.71. The number of nitro groups is 1. The topological polar surface area (TPSA) is 58.4 Å². The highest BCUT2D eigenvalue weighted by molar-refractivity contribution is 5.66. The average Bonchev–Trinajstić information content (AvgIpc) is 2.37. The summed E-state index contributed by atoms with van der Waals surface area (Å²) >= 11 is 0. The highest BCUT2D eigenvalue weighted by atomic mass is 16.6. The van der Waals surface area contributed by atoms with Gasteiger partial charge in [-0.05, 0) is 31.9 Å². The lowest BCUT2D eigenvalue weighted by Gasteiger charge is -2.26. The van der Waals surface area contributed by atoms with Crippen molar-refractivity contribution in [2.24, 2.45) is 5.92 Å². The lowest BCUT2D eigenvalue weighted by atomic mass is 10.0. The van der Waals surface area contributed by atoms with Crippen LogP contribution < -0.4 is 5.32 Å². The molecular formula is C15H25N3O2. The van der Waals surface area contributed by atoms with E-state index < -0.39 is 0 Å². The van der Waals surface area contributed by atoms with E-state index in [0.29, 0.717) is 24.2 Å². The molecule has 0 aliphatic carbocycles. The molecule has 5 heteroatoms. The Hall–Kier alpha value is -1.62. The molecule has 0 bridgehead atoms. The van der Waals surface area contributed by atoms with Crippen LogP contribution in [0.3, 0.4) is 0 Å². The Balaban J connectivity index is 2.92. The van der Waals surface area contributed by atoms with Crippen LogP contribution in [0.2, 0.25) is 0 Å². The highest BCUT2D eigenvalue weighted by Gasteiger charge is 2.18. The van der Waals surface area contributed by atoms with Gasteiger partial charge in [0.15, 0.2) is 0 Å². The first kappa shape index (κ1) is 16.4. The fourth-order valence-corrected chi connectivity index (χ4v) is 2.45. The van der Waals surface area contributed by atoms with Gasteiger partial charge >= 0.3 is 0 Å². The van der Waals surface area contributed by atoms with E-state index in [-0.39, 0.29) is 10.6 Å². The fraction of sp³-hybridized carbons (Fsp3) is 0.600. The normalized spacial score (nSPS) is 12.8. The third-order valence-electron chi connectivity index (χ3n) is 3.56. The summed E-state index contributed by atoms with van der Waals surface area (Å²) in [6.07, 6.45) is 1.11. The van der Waals surface area contributed by atoms with E-state index in [1.807, 2.05) is 6.07 Å².